The van der Waals surface area contributed by atoms with Gasteiger partial charge >= 0.3 is 5.97 Å². The summed E-state index contributed by atoms with van der Waals surface area (Å²) >= 11 is 1.14. The number of sulfonamides is 1. The van der Waals surface area contributed by atoms with Crippen LogP contribution in [-0.2, 0) is 26.0 Å². The molecule has 3 N–H and O–H groups in total. The van der Waals surface area contributed by atoms with Crippen molar-refractivity contribution in [3.63, 3.8) is 0 Å². The highest BCUT2D eigenvalue weighted by molar-refractivity contribution is 7.94. The van der Waals surface area contributed by atoms with E-state index in [-0.39, 0.29) is 28.5 Å². The van der Waals surface area contributed by atoms with Crippen LogP contribution in [0.3, 0.4) is 0 Å². The molecule has 0 saturated heterocycles. The zero-order valence-corrected chi connectivity index (χ0v) is 15.3. The van der Waals surface area contributed by atoms with Gasteiger partial charge in [0.25, 0.3) is 10.0 Å². The van der Waals surface area contributed by atoms with Gasteiger partial charge in [0.1, 0.15) is 4.21 Å². The first-order chi connectivity index (χ1) is 12.3. The fourth-order valence-corrected chi connectivity index (χ4v) is 4.77. The molecule has 9 heteroatoms. The maximum absolute atomic E-state index is 12.2. The molecule has 3 rings (SSSR count). The Morgan fingerprint density at radius 2 is 1.85 bits per heavy atom. The number of carboxylic acids is 1. The standard InChI is InChI=1S/C17H18N2O5S2/c20-15(18-14-9-12(10-14)17(21)22)8-11-3-5-13(6-4-11)19-26(23,24)16-2-1-7-25-16/h1-7,12,14,19H,8-10H2,(H,18,20)(H,21,22). The van der Waals surface area contributed by atoms with Gasteiger partial charge in [-0.2, -0.15) is 0 Å². The number of carboxylic acid groups (broad SMARTS) is 1. The van der Waals surface area contributed by atoms with E-state index in [9.17, 15) is 18.0 Å². The number of aliphatic carboxylic acids is 1. The van der Waals surface area contributed by atoms with Crippen molar-refractivity contribution in [1.29, 1.82) is 0 Å². The minimum absolute atomic E-state index is 0.0829. The molecule has 1 aromatic heterocycles. The van der Waals surface area contributed by atoms with Crippen molar-refractivity contribution in [2.75, 3.05) is 4.72 Å². The first-order valence-corrected chi connectivity index (χ1v) is 10.4. The second-order valence-corrected chi connectivity index (χ2v) is 9.04. The van der Waals surface area contributed by atoms with Crippen molar-refractivity contribution >= 4 is 38.9 Å². The fourth-order valence-electron chi connectivity index (χ4n) is 2.71. The molecular weight excluding hydrogens is 376 g/mol. The molecule has 2 aromatic rings. The van der Waals surface area contributed by atoms with Crippen LogP contribution in [-0.4, -0.2) is 31.4 Å². The van der Waals surface area contributed by atoms with Gasteiger partial charge in [-0.3, -0.25) is 14.3 Å². The molecule has 1 saturated carbocycles. The minimum Gasteiger partial charge on any atom is -0.481 e. The highest BCUT2D eigenvalue weighted by Gasteiger charge is 2.35. The van der Waals surface area contributed by atoms with Crippen molar-refractivity contribution in [2.24, 2.45) is 5.92 Å². The number of hydrogen-bond donors (Lipinski definition) is 3. The third-order valence-corrected chi connectivity index (χ3v) is 6.96. The van der Waals surface area contributed by atoms with E-state index in [2.05, 4.69) is 10.0 Å². The molecule has 1 heterocycles. The van der Waals surface area contributed by atoms with Crippen LogP contribution >= 0.6 is 11.3 Å². The van der Waals surface area contributed by atoms with E-state index >= 15 is 0 Å². The van der Waals surface area contributed by atoms with Crippen LogP contribution in [0.15, 0.2) is 46.0 Å². The first-order valence-electron chi connectivity index (χ1n) is 8.01. The molecule has 1 amide bonds. The average molecular weight is 394 g/mol. The van der Waals surface area contributed by atoms with Gasteiger partial charge in [-0.1, -0.05) is 18.2 Å². The summed E-state index contributed by atoms with van der Waals surface area (Å²) < 4.78 is 27.0. The number of thiophene rings is 1. The van der Waals surface area contributed by atoms with Crippen LogP contribution in [0.2, 0.25) is 0 Å². The highest BCUT2D eigenvalue weighted by atomic mass is 32.2. The number of amides is 1. The van der Waals surface area contributed by atoms with E-state index in [0.29, 0.717) is 18.5 Å². The quantitative estimate of drug-likeness (QED) is 0.665. The Morgan fingerprint density at radius 3 is 2.42 bits per heavy atom. The van der Waals surface area contributed by atoms with E-state index in [1.807, 2.05) is 0 Å². The molecule has 0 bridgehead atoms. The van der Waals surface area contributed by atoms with Gasteiger partial charge in [0.15, 0.2) is 0 Å². The number of anilines is 1. The number of rotatable bonds is 7. The first kappa shape index (κ1) is 18.4. The lowest BCUT2D eigenvalue weighted by Crippen LogP contribution is -2.47. The molecule has 7 nitrogen and oxygen atoms in total. The number of nitrogens with one attached hydrogen (secondary N) is 2. The second-order valence-electron chi connectivity index (χ2n) is 6.18. The van der Waals surface area contributed by atoms with Gasteiger partial charge in [0.05, 0.1) is 12.3 Å². The number of hydrogen-bond acceptors (Lipinski definition) is 5. The van der Waals surface area contributed by atoms with Crippen molar-refractivity contribution in [3.05, 3.63) is 47.3 Å². The van der Waals surface area contributed by atoms with Gasteiger partial charge < -0.3 is 10.4 Å². The fraction of sp³-hybridized carbons (Fsp3) is 0.294. The zero-order valence-electron chi connectivity index (χ0n) is 13.7. The molecule has 0 aliphatic heterocycles. The van der Waals surface area contributed by atoms with Crippen LogP contribution in [0.1, 0.15) is 18.4 Å². The maximum Gasteiger partial charge on any atom is 0.306 e. The molecule has 1 aromatic carbocycles. The predicted molar refractivity (Wildman–Crippen MR) is 97.6 cm³/mol. The topological polar surface area (TPSA) is 113 Å². The second kappa shape index (κ2) is 7.46. The summed E-state index contributed by atoms with van der Waals surface area (Å²) in [5, 5.41) is 13.3. The third-order valence-electron chi connectivity index (χ3n) is 4.18. The Bertz CT molecular complexity index is 886. The highest BCUT2D eigenvalue weighted by Crippen LogP contribution is 2.27. The van der Waals surface area contributed by atoms with Crippen LogP contribution in [0.4, 0.5) is 5.69 Å². The normalized spacial score (nSPS) is 19.4. The number of benzene rings is 1. The number of carbonyl (C=O) groups excluding carboxylic acids is 1. The smallest absolute Gasteiger partial charge is 0.306 e. The molecule has 138 valence electrons. The molecule has 0 unspecified atom stereocenters. The van der Waals surface area contributed by atoms with Gasteiger partial charge in [-0.25, -0.2) is 8.42 Å². The Labute approximate surface area is 155 Å². The van der Waals surface area contributed by atoms with E-state index in [0.717, 1.165) is 16.9 Å². The summed E-state index contributed by atoms with van der Waals surface area (Å²) in [6, 6.07) is 9.71. The SMILES string of the molecule is O=C(Cc1ccc(NS(=O)(=O)c2cccs2)cc1)NC1CC(C(=O)O)C1. The zero-order chi connectivity index (χ0) is 18.7. The monoisotopic (exact) mass is 394 g/mol. The molecule has 0 radical (unpaired) electrons. The maximum atomic E-state index is 12.2. The lowest BCUT2D eigenvalue weighted by atomic mass is 9.80. The Kier molecular flexibility index (Phi) is 5.28. The van der Waals surface area contributed by atoms with E-state index < -0.39 is 16.0 Å². The Balaban J connectivity index is 1.52. The van der Waals surface area contributed by atoms with E-state index in [4.69, 9.17) is 5.11 Å². The Hall–Kier alpha value is -2.39. The van der Waals surface area contributed by atoms with Gasteiger partial charge in [0.2, 0.25) is 5.91 Å². The lowest BCUT2D eigenvalue weighted by molar-refractivity contribution is -0.146. The van der Waals surface area contributed by atoms with Crippen LogP contribution in [0.5, 0.6) is 0 Å². The minimum atomic E-state index is -3.59. The summed E-state index contributed by atoms with van der Waals surface area (Å²) in [5.41, 5.74) is 1.17. The summed E-state index contributed by atoms with van der Waals surface area (Å²) in [5.74, 6) is -1.36. The molecule has 26 heavy (non-hydrogen) atoms. The number of carbonyl (C=O) groups is 2. The van der Waals surface area contributed by atoms with Crippen molar-refractivity contribution < 1.29 is 23.1 Å². The van der Waals surface area contributed by atoms with Crippen LogP contribution in [0, 0.1) is 5.92 Å². The Morgan fingerprint density at radius 1 is 1.15 bits per heavy atom. The van der Waals surface area contributed by atoms with Gasteiger partial charge in [0, 0.05) is 11.7 Å². The third kappa shape index (κ3) is 4.41. The summed E-state index contributed by atoms with van der Waals surface area (Å²) in [4.78, 5) is 22.7. The van der Waals surface area contributed by atoms with E-state index in [1.54, 1.807) is 35.7 Å². The molecular formula is C17H18N2O5S2. The molecule has 1 aliphatic carbocycles. The van der Waals surface area contributed by atoms with E-state index in [1.165, 1.54) is 6.07 Å². The molecule has 0 spiro atoms. The largest absolute Gasteiger partial charge is 0.481 e. The average Bonchev–Trinajstić information content (AvgIpc) is 3.07. The van der Waals surface area contributed by atoms with Crippen LogP contribution < -0.4 is 10.0 Å². The summed E-state index contributed by atoms with van der Waals surface area (Å²) in [6.07, 6.45) is 1.08. The molecule has 1 aliphatic rings. The summed E-state index contributed by atoms with van der Waals surface area (Å²) in [7, 11) is -3.59. The summed E-state index contributed by atoms with van der Waals surface area (Å²) in [6.45, 7) is 0. The van der Waals surface area contributed by atoms with Crippen molar-refractivity contribution in [3.8, 4) is 0 Å². The molecule has 1 fully saturated rings. The van der Waals surface area contributed by atoms with Gasteiger partial charge in [-0.05, 0) is 42.0 Å². The van der Waals surface area contributed by atoms with Crippen molar-refractivity contribution in [1.82, 2.24) is 5.32 Å². The molecule has 0 atom stereocenters. The van der Waals surface area contributed by atoms with Crippen molar-refractivity contribution in [2.45, 2.75) is 29.5 Å². The van der Waals surface area contributed by atoms with Gasteiger partial charge in [-0.15, -0.1) is 11.3 Å². The lowest BCUT2D eigenvalue weighted by Gasteiger charge is -2.32. The van der Waals surface area contributed by atoms with Crippen LogP contribution in [0.25, 0.3) is 0 Å². The predicted octanol–water partition coefficient (Wildman–Crippen LogP) is 2.07.